The fourth-order valence-electron chi connectivity index (χ4n) is 1.45. The molecular weight excluding hydrogens is 232 g/mol. The second-order valence-electron chi connectivity index (χ2n) is 4.14. The molecule has 98 valence electrons. The first-order valence-electron chi connectivity index (χ1n) is 5.84. The van der Waals surface area contributed by atoms with Crippen molar-refractivity contribution in [3.8, 4) is 5.75 Å². The number of hydrogen-bond donors (Lipinski definition) is 1. The second-order valence-corrected chi connectivity index (χ2v) is 4.14. The molecule has 0 aliphatic carbocycles. The Hall–Kier alpha value is -2.04. The smallest absolute Gasteiger partial charge is 0.275 e. The summed E-state index contributed by atoms with van der Waals surface area (Å²) in [4.78, 5) is 10.4. The van der Waals surface area contributed by atoms with E-state index in [9.17, 15) is 10.1 Å². The number of nitro groups is 1. The highest BCUT2D eigenvalue weighted by molar-refractivity contribution is 5.56. The standard InChI is InChI=1S/C13H18N2O3/c1-4-5-6-14-11-7-12(15(16)17)9-13(8-11)18-10(2)3/h4,7-10,14H,1,5-6H2,2-3H3. The van der Waals surface area contributed by atoms with E-state index in [1.807, 2.05) is 13.8 Å². The van der Waals surface area contributed by atoms with Gasteiger partial charge in [-0.15, -0.1) is 6.58 Å². The molecule has 0 aliphatic rings. The van der Waals surface area contributed by atoms with E-state index in [-0.39, 0.29) is 11.8 Å². The number of benzene rings is 1. The molecule has 0 saturated carbocycles. The second kappa shape index (κ2) is 6.64. The summed E-state index contributed by atoms with van der Waals surface area (Å²) in [6, 6.07) is 4.69. The first kappa shape index (κ1) is 14.0. The molecule has 5 nitrogen and oxygen atoms in total. The first-order valence-corrected chi connectivity index (χ1v) is 5.84. The molecule has 0 fully saturated rings. The Morgan fingerprint density at radius 2 is 2.22 bits per heavy atom. The molecule has 1 aromatic carbocycles. The van der Waals surface area contributed by atoms with E-state index in [2.05, 4.69) is 11.9 Å². The zero-order valence-corrected chi connectivity index (χ0v) is 10.7. The Labute approximate surface area is 107 Å². The van der Waals surface area contributed by atoms with Gasteiger partial charge in [-0.1, -0.05) is 6.08 Å². The Bertz CT molecular complexity index is 430. The highest BCUT2D eigenvalue weighted by Gasteiger charge is 2.11. The lowest BCUT2D eigenvalue weighted by Gasteiger charge is -2.12. The normalized spacial score (nSPS) is 10.2. The Kier molecular flexibility index (Phi) is 5.17. The van der Waals surface area contributed by atoms with Crippen LogP contribution in [0.5, 0.6) is 5.75 Å². The molecule has 0 aromatic heterocycles. The van der Waals surface area contributed by atoms with Crippen LogP contribution in [0.25, 0.3) is 0 Å². The maximum absolute atomic E-state index is 10.8. The Morgan fingerprint density at radius 1 is 1.50 bits per heavy atom. The fraction of sp³-hybridized carbons (Fsp3) is 0.385. The summed E-state index contributed by atoms with van der Waals surface area (Å²) in [7, 11) is 0. The van der Waals surface area contributed by atoms with E-state index in [0.717, 1.165) is 6.42 Å². The van der Waals surface area contributed by atoms with Crippen LogP contribution >= 0.6 is 0 Å². The van der Waals surface area contributed by atoms with Crippen LogP contribution in [0.1, 0.15) is 20.3 Å². The molecule has 0 aliphatic heterocycles. The molecule has 5 heteroatoms. The number of nitrogens with one attached hydrogen (secondary N) is 1. The van der Waals surface area contributed by atoms with E-state index < -0.39 is 4.92 Å². The Balaban J connectivity index is 2.90. The average molecular weight is 250 g/mol. The molecule has 0 bridgehead atoms. The van der Waals surface area contributed by atoms with Crippen molar-refractivity contribution in [1.82, 2.24) is 0 Å². The number of rotatable bonds is 7. The van der Waals surface area contributed by atoms with Crippen molar-refractivity contribution in [2.24, 2.45) is 0 Å². The van der Waals surface area contributed by atoms with E-state index in [4.69, 9.17) is 4.74 Å². The van der Waals surface area contributed by atoms with Gasteiger partial charge in [0, 0.05) is 24.4 Å². The minimum Gasteiger partial charge on any atom is -0.491 e. The monoisotopic (exact) mass is 250 g/mol. The van der Waals surface area contributed by atoms with Gasteiger partial charge in [-0.25, -0.2) is 0 Å². The first-order chi connectivity index (χ1) is 8.52. The number of nitrogens with zero attached hydrogens (tertiary/aromatic N) is 1. The zero-order valence-electron chi connectivity index (χ0n) is 10.7. The minimum absolute atomic E-state index is 0.0203. The quantitative estimate of drug-likeness (QED) is 0.349. The molecule has 0 atom stereocenters. The van der Waals surface area contributed by atoms with Crippen LogP contribution in [-0.2, 0) is 0 Å². The Morgan fingerprint density at radius 3 is 2.78 bits per heavy atom. The van der Waals surface area contributed by atoms with Gasteiger partial charge in [-0.3, -0.25) is 10.1 Å². The highest BCUT2D eigenvalue weighted by atomic mass is 16.6. The molecule has 0 radical (unpaired) electrons. The van der Waals surface area contributed by atoms with Gasteiger partial charge in [0.15, 0.2) is 0 Å². The fourth-order valence-corrected chi connectivity index (χ4v) is 1.45. The maximum atomic E-state index is 10.8. The molecule has 0 saturated heterocycles. The summed E-state index contributed by atoms with van der Waals surface area (Å²) in [6.45, 7) is 8.07. The molecule has 0 amide bonds. The molecular formula is C13H18N2O3. The van der Waals surface area contributed by atoms with E-state index >= 15 is 0 Å². The van der Waals surface area contributed by atoms with Crippen molar-refractivity contribution < 1.29 is 9.66 Å². The third-order valence-corrected chi connectivity index (χ3v) is 2.15. The molecule has 1 N–H and O–H groups in total. The van der Waals surface area contributed by atoms with Crippen LogP contribution in [0.15, 0.2) is 30.9 Å². The van der Waals surface area contributed by atoms with Crippen molar-refractivity contribution in [3.63, 3.8) is 0 Å². The lowest BCUT2D eigenvalue weighted by atomic mass is 10.2. The van der Waals surface area contributed by atoms with Crippen molar-refractivity contribution in [2.75, 3.05) is 11.9 Å². The van der Waals surface area contributed by atoms with Crippen LogP contribution in [-0.4, -0.2) is 17.6 Å². The van der Waals surface area contributed by atoms with Gasteiger partial charge in [-0.05, 0) is 20.3 Å². The summed E-state index contributed by atoms with van der Waals surface area (Å²) in [6.07, 6.45) is 2.56. The lowest BCUT2D eigenvalue weighted by molar-refractivity contribution is -0.384. The van der Waals surface area contributed by atoms with Gasteiger partial charge in [0.25, 0.3) is 5.69 Å². The van der Waals surface area contributed by atoms with Gasteiger partial charge in [0.1, 0.15) is 5.75 Å². The molecule has 1 rings (SSSR count). The van der Waals surface area contributed by atoms with Gasteiger partial charge in [0.2, 0.25) is 0 Å². The number of non-ortho nitro benzene ring substituents is 1. The SMILES string of the molecule is C=CCCNc1cc(OC(C)C)cc([N+](=O)[O-])c1. The average Bonchev–Trinajstić information content (AvgIpc) is 2.28. The molecule has 0 spiro atoms. The van der Waals surface area contributed by atoms with Crippen LogP contribution in [0.2, 0.25) is 0 Å². The van der Waals surface area contributed by atoms with Crippen LogP contribution in [0.4, 0.5) is 11.4 Å². The van der Waals surface area contributed by atoms with Crippen LogP contribution < -0.4 is 10.1 Å². The molecule has 1 aromatic rings. The minimum atomic E-state index is -0.425. The predicted octanol–water partition coefficient (Wildman–Crippen LogP) is 3.37. The van der Waals surface area contributed by atoms with Gasteiger partial charge < -0.3 is 10.1 Å². The molecule has 18 heavy (non-hydrogen) atoms. The van der Waals surface area contributed by atoms with Gasteiger partial charge >= 0.3 is 0 Å². The van der Waals surface area contributed by atoms with Crippen molar-refractivity contribution >= 4 is 11.4 Å². The highest BCUT2D eigenvalue weighted by Crippen LogP contribution is 2.26. The molecule has 0 unspecified atom stereocenters. The van der Waals surface area contributed by atoms with E-state index in [1.165, 1.54) is 12.1 Å². The van der Waals surface area contributed by atoms with Gasteiger partial charge in [-0.2, -0.15) is 0 Å². The summed E-state index contributed by atoms with van der Waals surface area (Å²) < 4.78 is 5.49. The number of ether oxygens (including phenoxy) is 1. The number of nitro benzene ring substituents is 1. The van der Waals surface area contributed by atoms with Crippen molar-refractivity contribution in [2.45, 2.75) is 26.4 Å². The van der Waals surface area contributed by atoms with E-state index in [0.29, 0.717) is 18.0 Å². The zero-order chi connectivity index (χ0) is 13.5. The summed E-state index contributed by atoms with van der Waals surface area (Å²) in [5.41, 5.74) is 0.705. The maximum Gasteiger partial charge on any atom is 0.275 e. The van der Waals surface area contributed by atoms with Crippen molar-refractivity contribution in [3.05, 3.63) is 41.0 Å². The van der Waals surface area contributed by atoms with Gasteiger partial charge in [0.05, 0.1) is 17.1 Å². The summed E-state index contributed by atoms with van der Waals surface area (Å²) in [5.74, 6) is 0.500. The third-order valence-electron chi connectivity index (χ3n) is 2.15. The largest absolute Gasteiger partial charge is 0.491 e. The van der Waals surface area contributed by atoms with Crippen molar-refractivity contribution in [1.29, 1.82) is 0 Å². The van der Waals surface area contributed by atoms with Crippen LogP contribution in [0.3, 0.4) is 0 Å². The van der Waals surface area contributed by atoms with E-state index in [1.54, 1.807) is 12.1 Å². The lowest BCUT2D eigenvalue weighted by Crippen LogP contribution is -2.07. The summed E-state index contributed by atoms with van der Waals surface area (Å²) in [5, 5.41) is 13.9. The number of hydrogen-bond acceptors (Lipinski definition) is 4. The summed E-state index contributed by atoms with van der Waals surface area (Å²) >= 11 is 0. The predicted molar refractivity (Wildman–Crippen MR) is 72.2 cm³/mol. The topological polar surface area (TPSA) is 64.4 Å². The molecule has 0 heterocycles. The van der Waals surface area contributed by atoms with Crippen LogP contribution in [0, 0.1) is 10.1 Å². The third kappa shape index (κ3) is 4.45. The number of anilines is 1.